The Labute approximate surface area is 121 Å². The monoisotopic (exact) mass is 320 g/mol. The molecule has 1 aliphatic rings. The van der Waals surface area contributed by atoms with Crippen molar-refractivity contribution in [3.05, 3.63) is 29.0 Å². The lowest BCUT2D eigenvalue weighted by atomic mass is 10.2. The molecule has 1 aromatic carbocycles. The minimum Gasteiger partial charge on any atom is -0.326 e. The van der Waals surface area contributed by atoms with Crippen LogP contribution in [0.5, 0.6) is 0 Å². The van der Waals surface area contributed by atoms with Crippen molar-refractivity contribution in [3.63, 3.8) is 0 Å². The summed E-state index contributed by atoms with van der Waals surface area (Å²) >= 11 is 5.68. The van der Waals surface area contributed by atoms with Crippen LogP contribution in [0.4, 0.5) is 10.1 Å². The van der Waals surface area contributed by atoms with Gasteiger partial charge in [-0.2, -0.15) is 0 Å². The van der Waals surface area contributed by atoms with Crippen molar-refractivity contribution >= 4 is 33.0 Å². The molecule has 0 radical (unpaired) electrons. The van der Waals surface area contributed by atoms with Gasteiger partial charge in [0.2, 0.25) is 5.91 Å². The molecule has 0 aliphatic carbocycles. The summed E-state index contributed by atoms with van der Waals surface area (Å²) in [5, 5.41) is 5.65. The molecule has 1 saturated heterocycles. The van der Waals surface area contributed by atoms with Crippen LogP contribution in [0.15, 0.2) is 18.2 Å². The van der Waals surface area contributed by atoms with Crippen LogP contribution in [0.3, 0.4) is 0 Å². The molecule has 2 rings (SSSR count). The van der Waals surface area contributed by atoms with E-state index in [1.54, 1.807) is 0 Å². The van der Waals surface area contributed by atoms with Crippen LogP contribution in [0.1, 0.15) is 6.42 Å². The molecule has 2 N–H and O–H groups in total. The summed E-state index contributed by atoms with van der Waals surface area (Å²) in [5.41, 5.74) is 0.249. The van der Waals surface area contributed by atoms with E-state index in [0.717, 1.165) is 12.1 Å². The molecule has 0 bridgehead atoms. The third-order valence-electron chi connectivity index (χ3n) is 2.88. The van der Waals surface area contributed by atoms with Gasteiger partial charge in [-0.05, 0) is 18.2 Å². The van der Waals surface area contributed by atoms with E-state index in [9.17, 15) is 17.6 Å². The number of rotatable bonds is 3. The highest BCUT2D eigenvalue weighted by Gasteiger charge is 2.25. The first kappa shape index (κ1) is 15.2. The number of hydrogen-bond acceptors (Lipinski definition) is 4. The Bertz CT molecular complexity index is 601. The van der Waals surface area contributed by atoms with E-state index in [0.29, 0.717) is 6.54 Å². The standard InChI is InChI=1S/C12H14ClFN2O3S/c13-8-3-9(14)5-10(4-8)16-12(17)6-11-7-20(18,19)2-1-15-11/h3-5,11,15H,1-2,6-7H2,(H,16,17). The van der Waals surface area contributed by atoms with Crippen molar-refractivity contribution < 1.29 is 17.6 Å². The average molecular weight is 321 g/mol. The largest absolute Gasteiger partial charge is 0.326 e. The van der Waals surface area contributed by atoms with Gasteiger partial charge in [0.1, 0.15) is 5.82 Å². The summed E-state index contributed by atoms with van der Waals surface area (Å²) in [6.07, 6.45) is 0.00730. The van der Waals surface area contributed by atoms with Crippen molar-refractivity contribution in [1.82, 2.24) is 5.32 Å². The molecule has 1 fully saturated rings. The third-order valence-corrected chi connectivity index (χ3v) is 4.83. The van der Waals surface area contributed by atoms with Crippen LogP contribution in [-0.4, -0.2) is 38.4 Å². The van der Waals surface area contributed by atoms with Gasteiger partial charge in [0, 0.05) is 29.7 Å². The van der Waals surface area contributed by atoms with E-state index in [2.05, 4.69) is 10.6 Å². The van der Waals surface area contributed by atoms with Crippen LogP contribution in [0.2, 0.25) is 5.02 Å². The van der Waals surface area contributed by atoms with E-state index >= 15 is 0 Å². The lowest BCUT2D eigenvalue weighted by Gasteiger charge is -2.23. The van der Waals surface area contributed by atoms with Crippen molar-refractivity contribution in [3.8, 4) is 0 Å². The van der Waals surface area contributed by atoms with Crippen LogP contribution < -0.4 is 10.6 Å². The van der Waals surface area contributed by atoms with E-state index in [1.165, 1.54) is 6.07 Å². The number of carbonyl (C=O) groups is 1. The van der Waals surface area contributed by atoms with Gasteiger partial charge in [-0.25, -0.2) is 12.8 Å². The minimum atomic E-state index is -3.09. The maximum atomic E-state index is 13.1. The van der Waals surface area contributed by atoms with Crippen LogP contribution in [0, 0.1) is 5.82 Å². The average Bonchev–Trinajstić information content (AvgIpc) is 2.25. The highest BCUT2D eigenvalue weighted by molar-refractivity contribution is 7.91. The predicted octanol–water partition coefficient (Wildman–Crippen LogP) is 1.19. The van der Waals surface area contributed by atoms with Gasteiger partial charge in [-0.3, -0.25) is 4.79 Å². The molecule has 8 heteroatoms. The van der Waals surface area contributed by atoms with E-state index in [4.69, 9.17) is 11.6 Å². The van der Waals surface area contributed by atoms with E-state index < -0.39 is 21.7 Å². The van der Waals surface area contributed by atoms with Gasteiger partial charge in [0.05, 0.1) is 11.5 Å². The van der Waals surface area contributed by atoms with Crippen LogP contribution >= 0.6 is 11.6 Å². The number of carbonyl (C=O) groups excluding carboxylic acids is 1. The number of benzene rings is 1. The van der Waals surface area contributed by atoms with Crippen molar-refractivity contribution in [2.45, 2.75) is 12.5 Å². The lowest BCUT2D eigenvalue weighted by molar-refractivity contribution is -0.116. The normalized spacial score (nSPS) is 21.4. The maximum Gasteiger partial charge on any atom is 0.225 e. The molecule has 5 nitrogen and oxygen atoms in total. The molecule has 1 heterocycles. The van der Waals surface area contributed by atoms with Gasteiger partial charge in [0.25, 0.3) is 0 Å². The summed E-state index contributed by atoms with van der Waals surface area (Å²) in [6.45, 7) is 0.339. The fourth-order valence-electron chi connectivity index (χ4n) is 2.06. The molecule has 110 valence electrons. The first-order valence-corrected chi connectivity index (χ1v) is 8.24. The molecular formula is C12H14ClFN2O3S. The molecule has 0 aromatic heterocycles. The van der Waals surface area contributed by atoms with Gasteiger partial charge in [-0.15, -0.1) is 0 Å². The van der Waals surface area contributed by atoms with Gasteiger partial charge < -0.3 is 10.6 Å². The molecule has 20 heavy (non-hydrogen) atoms. The molecule has 1 atom stereocenters. The topological polar surface area (TPSA) is 75.3 Å². The van der Waals surface area contributed by atoms with Crippen molar-refractivity contribution in [2.75, 3.05) is 23.4 Å². The van der Waals surface area contributed by atoms with Gasteiger partial charge >= 0.3 is 0 Å². The smallest absolute Gasteiger partial charge is 0.225 e. The van der Waals surface area contributed by atoms with Crippen LogP contribution in [0.25, 0.3) is 0 Å². The summed E-state index contributed by atoms with van der Waals surface area (Å²) in [5.74, 6) is -0.915. The van der Waals surface area contributed by atoms with E-state index in [-0.39, 0.29) is 34.5 Å². The number of halogens is 2. The summed E-state index contributed by atoms with van der Waals surface area (Å²) < 4.78 is 36.0. The SMILES string of the molecule is O=C(CC1CS(=O)(=O)CCN1)Nc1cc(F)cc(Cl)c1. The Hall–Kier alpha value is -1.18. The quantitative estimate of drug-likeness (QED) is 0.877. The fraction of sp³-hybridized carbons (Fsp3) is 0.417. The zero-order chi connectivity index (χ0) is 14.8. The highest BCUT2D eigenvalue weighted by Crippen LogP contribution is 2.18. The second kappa shape index (κ2) is 6.07. The Balaban J connectivity index is 1.95. The van der Waals surface area contributed by atoms with Gasteiger partial charge in [0.15, 0.2) is 9.84 Å². The summed E-state index contributed by atoms with van der Waals surface area (Å²) in [7, 11) is -3.09. The molecule has 0 saturated carbocycles. The molecule has 1 aliphatic heterocycles. The van der Waals surface area contributed by atoms with Gasteiger partial charge in [-0.1, -0.05) is 11.6 Å². The Morgan fingerprint density at radius 1 is 1.45 bits per heavy atom. The van der Waals surface area contributed by atoms with Crippen molar-refractivity contribution in [2.24, 2.45) is 0 Å². The van der Waals surface area contributed by atoms with Crippen molar-refractivity contribution in [1.29, 1.82) is 0 Å². The maximum absolute atomic E-state index is 13.1. The summed E-state index contributed by atoms with van der Waals surface area (Å²) in [4.78, 5) is 11.8. The Kier molecular flexibility index (Phi) is 4.62. The molecule has 1 amide bonds. The predicted molar refractivity (Wildman–Crippen MR) is 75.1 cm³/mol. The summed E-state index contributed by atoms with van der Waals surface area (Å²) in [6, 6.07) is 3.28. The Morgan fingerprint density at radius 2 is 2.20 bits per heavy atom. The second-order valence-corrected chi connectivity index (χ2v) is 7.34. The number of hydrogen-bond donors (Lipinski definition) is 2. The highest BCUT2D eigenvalue weighted by atomic mass is 35.5. The zero-order valence-electron chi connectivity index (χ0n) is 10.5. The first-order chi connectivity index (χ1) is 9.34. The lowest BCUT2D eigenvalue weighted by Crippen LogP contribution is -2.46. The van der Waals surface area contributed by atoms with E-state index in [1.807, 2.05) is 0 Å². The number of nitrogens with one attached hydrogen (secondary N) is 2. The number of sulfone groups is 1. The third kappa shape index (κ3) is 4.43. The Morgan fingerprint density at radius 3 is 2.85 bits per heavy atom. The first-order valence-electron chi connectivity index (χ1n) is 6.04. The number of amides is 1. The molecule has 1 unspecified atom stereocenters. The molecule has 0 spiro atoms. The molecular weight excluding hydrogens is 307 g/mol. The number of anilines is 1. The minimum absolute atomic E-state index is 0.00730. The fourth-order valence-corrected chi connectivity index (χ4v) is 3.73. The zero-order valence-corrected chi connectivity index (χ0v) is 12.1. The second-order valence-electron chi connectivity index (χ2n) is 4.68. The van der Waals surface area contributed by atoms with Crippen LogP contribution in [-0.2, 0) is 14.6 Å². The molecule has 1 aromatic rings.